The van der Waals surface area contributed by atoms with Gasteiger partial charge in [-0.15, -0.1) is 0 Å². The second-order valence-corrected chi connectivity index (χ2v) is 4.87. The summed E-state index contributed by atoms with van der Waals surface area (Å²) in [6.45, 7) is 0.969. The molecule has 0 radical (unpaired) electrons. The molecule has 2 rings (SSSR count). The zero-order chi connectivity index (χ0) is 13.8. The fraction of sp³-hybridized carbons (Fsp3) is 0.333. The Hall–Kier alpha value is -1.30. The van der Waals surface area contributed by atoms with E-state index >= 15 is 0 Å². The van der Waals surface area contributed by atoms with Crippen molar-refractivity contribution in [2.75, 3.05) is 20.3 Å². The third-order valence-electron chi connectivity index (χ3n) is 2.57. The molecule has 19 heavy (non-hydrogen) atoms. The van der Waals surface area contributed by atoms with Crippen molar-refractivity contribution in [3.05, 3.63) is 33.8 Å². The standard InChI is InChI=1S/C12H13Cl2N3O2/c1-19-3-2-15-12-16-10(11(18)17-12)7-4-8(13)6-9(14)5-7/h4-6,10H,2-3H2,1H3,(H2,15,16,17,18). The lowest BCUT2D eigenvalue weighted by molar-refractivity contribution is -0.120. The van der Waals surface area contributed by atoms with E-state index in [9.17, 15) is 4.79 Å². The average molecular weight is 302 g/mol. The third kappa shape index (κ3) is 3.59. The van der Waals surface area contributed by atoms with Crippen LogP contribution in [0.1, 0.15) is 11.6 Å². The summed E-state index contributed by atoms with van der Waals surface area (Å²) < 4.78 is 4.89. The van der Waals surface area contributed by atoms with Crippen LogP contribution < -0.4 is 10.6 Å². The number of guanidine groups is 1. The molecule has 1 aliphatic heterocycles. The van der Waals surface area contributed by atoms with E-state index in [0.717, 1.165) is 0 Å². The van der Waals surface area contributed by atoms with E-state index in [2.05, 4.69) is 15.6 Å². The minimum Gasteiger partial charge on any atom is -0.383 e. The van der Waals surface area contributed by atoms with E-state index in [1.165, 1.54) is 0 Å². The summed E-state index contributed by atoms with van der Waals surface area (Å²) in [6, 6.07) is 4.48. The highest BCUT2D eigenvalue weighted by Gasteiger charge is 2.29. The lowest BCUT2D eigenvalue weighted by Gasteiger charge is -2.09. The van der Waals surface area contributed by atoms with E-state index in [0.29, 0.717) is 34.7 Å². The van der Waals surface area contributed by atoms with Gasteiger partial charge in [0.1, 0.15) is 6.04 Å². The first-order valence-electron chi connectivity index (χ1n) is 5.67. The van der Waals surface area contributed by atoms with Crippen molar-refractivity contribution in [2.24, 2.45) is 4.99 Å². The van der Waals surface area contributed by atoms with Crippen molar-refractivity contribution in [1.29, 1.82) is 0 Å². The number of carbonyl (C=O) groups excluding carboxylic acids is 1. The Morgan fingerprint density at radius 3 is 2.63 bits per heavy atom. The molecule has 0 aliphatic carbocycles. The molecule has 1 aromatic rings. The number of methoxy groups -OCH3 is 1. The van der Waals surface area contributed by atoms with Crippen molar-refractivity contribution in [2.45, 2.75) is 6.04 Å². The highest BCUT2D eigenvalue weighted by molar-refractivity contribution is 6.34. The summed E-state index contributed by atoms with van der Waals surface area (Å²) in [5.41, 5.74) is 0.701. The van der Waals surface area contributed by atoms with Crippen LogP contribution in [0.4, 0.5) is 0 Å². The Balaban J connectivity index is 2.13. The number of hydrogen-bond acceptors (Lipinski definition) is 3. The molecule has 1 heterocycles. The molecule has 0 saturated carbocycles. The smallest absolute Gasteiger partial charge is 0.253 e. The van der Waals surface area contributed by atoms with Gasteiger partial charge < -0.3 is 10.1 Å². The third-order valence-corrected chi connectivity index (χ3v) is 3.00. The van der Waals surface area contributed by atoms with Gasteiger partial charge >= 0.3 is 0 Å². The quantitative estimate of drug-likeness (QED) is 0.833. The van der Waals surface area contributed by atoms with Gasteiger partial charge in [-0.2, -0.15) is 0 Å². The molecule has 1 saturated heterocycles. The summed E-state index contributed by atoms with van der Waals surface area (Å²) in [5.74, 6) is 0.248. The molecule has 1 atom stereocenters. The summed E-state index contributed by atoms with van der Waals surface area (Å²) in [5, 5.41) is 6.62. The largest absolute Gasteiger partial charge is 0.383 e. The minimum absolute atomic E-state index is 0.186. The predicted molar refractivity (Wildman–Crippen MR) is 74.7 cm³/mol. The lowest BCUT2D eigenvalue weighted by Crippen LogP contribution is -2.26. The van der Waals surface area contributed by atoms with Crippen LogP contribution in [-0.4, -0.2) is 32.1 Å². The fourth-order valence-electron chi connectivity index (χ4n) is 1.74. The number of nitrogens with one attached hydrogen (secondary N) is 2. The molecule has 5 nitrogen and oxygen atoms in total. The Kier molecular flexibility index (Phi) is 4.63. The van der Waals surface area contributed by atoms with Crippen LogP contribution >= 0.6 is 23.2 Å². The van der Waals surface area contributed by atoms with Crippen LogP contribution in [0.25, 0.3) is 0 Å². The normalized spacial score (nSPS) is 20.5. The van der Waals surface area contributed by atoms with Crippen LogP contribution in [0.15, 0.2) is 23.2 Å². The molecular formula is C12H13Cl2N3O2. The van der Waals surface area contributed by atoms with Crippen molar-refractivity contribution < 1.29 is 9.53 Å². The topological polar surface area (TPSA) is 62.7 Å². The molecule has 1 unspecified atom stereocenters. The predicted octanol–water partition coefficient (Wildman–Crippen LogP) is 1.76. The number of benzene rings is 1. The van der Waals surface area contributed by atoms with E-state index in [4.69, 9.17) is 27.9 Å². The fourth-order valence-corrected chi connectivity index (χ4v) is 2.28. The van der Waals surface area contributed by atoms with Gasteiger partial charge in [0, 0.05) is 17.2 Å². The highest BCUT2D eigenvalue weighted by atomic mass is 35.5. The van der Waals surface area contributed by atoms with Gasteiger partial charge in [-0.05, 0) is 23.8 Å². The van der Waals surface area contributed by atoms with E-state index in [1.54, 1.807) is 25.3 Å². The Morgan fingerprint density at radius 2 is 2.00 bits per heavy atom. The van der Waals surface area contributed by atoms with Gasteiger partial charge in [0.15, 0.2) is 5.96 Å². The average Bonchev–Trinajstić information content (AvgIpc) is 2.70. The first-order valence-corrected chi connectivity index (χ1v) is 6.42. The van der Waals surface area contributed by atoms with Gasteiger partial charge in [-0.25, -0.2) is 0 Å². The number of halogens is 2. The summed E-state index contributed by atoms with van der Waals surface area (Å²) in [6.07, 6.45) is 0. The van der Waals surface area contributed by atoms with Gasteiger partial charge in [-0.3, -0.25) is 15.1 Å². The molecule has 1 fully saturated rings. The number of hydrogen-bond donors (Lipinski definition) is 2. The molecule has 102 valence electrons. The van der Waals surface area contributed by atoms with Crippen LogP contribution in [0.3, 0.4) is 0 Å². The van der Waals surface area contributed by atoms with Crippen LogP contribution in [0.5, 0.6) is 0 Å². The van der Waals surface area contributed by atoms with Gasteiger partial charge in [0.2, 0.25) is 0 Å². The Morgan fingerprint density at radius 1 is 1.32 bits per heavy atom. The van der Waals surface area contributed by atoms with E-state index in [-0.39, 0.29) is 5.91 Å². The molecule has 1 aromatic carbocycles. The molecule has 7 heteroatoms. The SMILES string of the molecule is COCCN=C1NC(=O)C(c2cc(Cl)cc(Cl)c2)N1. The zero-order valence-electron chi connectivity index (χ0n) is 10.2. The molecule has 0 bridgehead atoms. The zero-order valence-corrected chi connectivity index (χ0v) is 11.8. The van der Waals surface area contributed by atoms with Crippen molar-refractivity contribution in [3.63, 3.8) is 0 Å². The van der Waals surface area contributed by atoms with Crippen molar-refractivity contribution >= 4 is 35.1 Å². The Labute approximate surface area is 120 Å². The first kappa shape index (κ1) is 14.1. The maximum atomic E-state index is 11.9. The number of amides is 1. The summed E-state index contributed by atoms with van der Waals surface area (Å²) >= 11 is 11.8. The number of rotatable bonds is 4. The molecule has 0 spiro atoms. The van der Waals surface area contributed by atoms with Gasteiger partial charge in [-0.1, -0.05) is 23.2 Å². The highest BCUT2D eigenvalue weighted by Crippen LogP contribution is 2.25. The Bertz CT molecular complexity index is 499. The van der Waals surface area contributed by atoms with Crippen LogP contribution in [-0.2, 0) is 9.53 Å². The van der Waals surface area contributed by atoms with Crippen LogP contribution in [0, 0.1) is 0 Å². The lowest BCUT2D eigenvalue weighted by atomic mass is 10.1. The van der Waals surface area contributed by atoms with Crippen LogP contribution in [0.2, 0.25) is 10.0 Å². The van der Waals surface area contributed by atoms with E-state index < -0.39 is 6.04 Å². The second kappa shape index (κ2) is 6.23. The van der Waals surface area contributed by atoms with E-state index in [1.807, 2.05) is 0 Å². The summed E-state index contributed by atoms with van der Waals surface area (Å²) in [7, 11) is 1.59. The molecule has 2 N–H and O–H groups in total. The minimum atomic E-state index is -0.530. The van der Waals surface area contributed by atoms with Crippen molar-refractivity contribution in [1.82, 2.24) is 10.6 Å². The maximum Gasteiger partial charge on any atom is 0.253 e. The molecule has 0 aromatic heterocycles. The molecular weight excluding hydrogens is 289 g/mol. The van der Waals surface area contributed by atoms with Crippen molar-refractivity contribution in [3.8, 4) is 0 Å². The number of aliphatic imine (C=N–C) groups is 1. The summed E-state index contributed by atoms with van der Waals surface area (Å²) in [4.78, 5) is 16.0. The van der Waals surface area contributed by atoms with Gasteiger partial charge in [0.05, 0.1) is 13.2 Å². The molecule has 1 amide bonds. The number of carbonyl (C=O) groups is 1. The second-order valence-electron chi connectivity index (χ2n) is 3.99. The molecule has 1 aliphatic rings. The maximum absolute atomic E-state index is 11.9. The number of ether oxygens (including phenoxy) is 1. The number of nitrogens with zero attached hydrogens (tertiary/aromatic N) is 1. The first-order chi connectivity index (χ1) is 9.10. The van der Waals surface area contributed by atoms with Gasteiger partial charge in [0.25, 0.3) is 5.91 Å². The monoisotopic (exact) mass is 301 g/mol.